The predicted molar refractivity (Wildman–Crippen MR) is 172 cm³/mol. The van der Waals surface area contributed by atoms with Crippen LogP contribution in [0.25, 0.3) is 10.1 Å². The highest BCUT2D eigenvalue weighted by atomic mass is 32.2. The number of aromatic nitrogens is 1. The first-order valence-electron chi connectivity index (χ1n) is 14.9. The maximum absolute atomic E-state index is 14.0. The van der Waals surface area contributed by atoms with E-state index in [1.165, 1.54) is 22.8 Å². The van der Waals surface area contributed by atoms with Gasteiger partial charge in [-0.1, -0.05) is 0 Å². The fraction of sp³-hybridized carbons (Fsp3) is 0.483. The number of alkyl carbamates (subject to hydrolysis) is 1. The quantitative estimate of drug-likeness (QED) is 0.258. The van der Waals surface area contributed by atoms with Crippen LogP contribution in [-0.2, 0) is 37.3 Å². The molecule has 3 aromatic rings. The van der Waals surface area contributed by atoms with Gasteiger partial charge >= 0.3 is 6.09 Å². The molecule has 0 saturated carbocycles. The summed E-state index contributed by atoms with van der Waals surface area (Å²) in [6.07, 6.45) is -0.0741. The van der Waals surface area contributed by atoms with Crippen molar-refractivity contribution in [2.24, 2.45) is 0 Å². The van der Waals surface area contributed by atoms with E-state index < -0.39 is 22.2 Å². The SMILES string of the molecule is COC(=O)NC(=N)c1ccc2sc(S(=O)(=O)N3CCN(C(=O)c4nc5c(s4)CNC(C)C5)C(CC(=O)N4CCOCC4)C3)cc2c1. The molecule has 3 aliphatic heterocycles. The topological polar surface area (TPSA) is 174 Å². The van der Waals surface area contributed by atoms with Crippen LogP contribution >= 0.6 is 22.7 Å². The molecule has 14 nitrogen and oxygen atoms in total. The molecule has 2 unspecified atom stereocenters. The van der Waals surface area contributed by atoms with Gasteiger partial charge in [0, 0.05) is 73.3 Å². The summed E-state index contributed by atoms with van der Waals surface area (Å²) in [7, 11) is -2.79. The Kier molecular flexibility index (Phi) is 9.40. The number of morpholine rings is 1. The van der Waals surface area contributed by atoms with Crippen LogP contribution in [-0.4, -0.2) is 116 Å². The molecular weight excluding hydrogens is 655 g/mol. The average molecular weight is 690 g/mol. The molecule has 3 amide bonds. The number of carbonyl (C=O) groups is 3. The smallest absolute Gasteiger partial charge is 0.412 e. The number of ether oxygens (including phenoxy) is 2. The second kappa shape index (κ2) is 13.3. The third kappa shape index (κ3) is 6.65. The Morgan fingerprint density at radius 2 is 1.93 bits per heavy atom. The first kappa shape index (κ1) is 32.5. The van der Waals surface area contributed by atoms with E-state index in [4.69, 9.17) is 10.1 Å². The van der Waals surface area contributed by atoms with E-state index in [1.807, 2.05) is 0 Å². The van der Waals surface area contributed by atoms with Crippen LogP contribution in [0.2, 0.25) is 0 Å². The van der Waals surface area contributed by atoms with Crippen LogP contribution in [0.15, 0.2) is 28.5 Å². The van der Waals surface area contributed by atoms with Crippen molar-refractivity contribution in [3.63, 3.8) is 0 Å². The van der Waals surface area contributed by atoms with Gasteiger partial charge in [0.2, 0.25) is 5.91 Å². The largest absolute Gasteiger partial charge is 0.453 e. The number of fused-ring (bicyclic) bond motifs is 2. The summed E-state index contributed by atoms with van der Waals surface area (Å²) in [6.45, 7) is 4.61. The third-order valence-electron chi connectivity index (χ3n) is 8.34. The van der Waals surface area contributed by atoms with E-state index in [0.29, 0.717) is 53.5 Å². The van der Waals surface area contributed by atoms with E-state index in [9.17, 15) is 22.8 Å². The van der Waals surface area contributed by atoms with Crippen LogP contribution < -0.4 is 10.6 Å². The molecule has 46 heavy (non-hydrogen) atoms. The minimum absolute atomic E-state index is 0.0213. The van der Waals surface area contributed by atoms with Gasteiger partial charge in [0.15, 0.2) is 5.01 Å². The standard InChI is InChI=1S/C29H35N7O7S3/c1-17-11-21-23(15-31-17)45-27(32-21)28(38)36-6-5-35(16-20(36)14-24(37)34-7-9-43-10-8-34)46(40,41)25-13-19-12-18(3-4-22(19)44-25)26(30)33-29(39)42-2/h3-4,12-13,17,20,31H,5-11,14-16H2,1-2H3,(H2,30,33,39). The van der Waals surface area contributed by atoms with E-state index in [0.717, 1.165) is 28.3 Å². The number of carbonyl (C=O) groups excluding carboxylic acids is 3. The van der Waals surface area contributed by atoms with Crippen LogP contribution in [0, 0.1) is 5.41 Å². The lowest BCUT2D eigenvalue weighted by Crippen LogP contribution is -2.58. The van der Waals surface area contributed by atoms with Gasteiger partial charge in [0.05, 0.1) is 32.1 Å². The van der Waals surface area contributed by atoms with Gasteiger partial charge in [-0.2, -0.15) is 4.31 Å². The molecule has 0 spiro atoms. The van der Waals surface area contributed by atoms with Crippen LogP contribution in [0.4, 0.5) is 4.79 Å². The zero-order valence-corrected chi connectivity index (χ0v) is 27.9. The normalized spacial score (nSPS) is 20.7. The molecule has 6 rings (SSSR count). The number of rotatable bonds is 6. The maximum atomic E-state index is 14.0. The average Bonchev–Trinajstić information content (AvgIpc) is 3.69. The molecule has 2 saturated heterocycles. The van der Waals surface area contributed by atoms with Crippen molar-refractivity contribution in [2.75, 3.05) is 53.0 Å². The van der Waals surface area contributed by atoms with Gasteiger partial charge in [0.25, 0.3) is 15.9 Å². The fourth-order valence-corrected chi connectivity index (χ4v) is 9.81. The van der Waals surface area contributed by atoms with Gasteiger partial charge in [-0.3, -0.25) is 20.3 Å². The van der Waals surface area contributed by atoms with Crippen molar-refractivity contribution >= 4 is 66.5 Å². The summed E-state index contributed by atoms with van der Waals surface area (Å²) >= 11 is 2.45. The molecule has 2 aromatic heterocycles. The molecular formula is C29H35N7O7S3. The van der Waals surface area contributed by atoms with Crippen molar-refractivity contribution in [1.82, 2.24) is 29.7 Å². The number of nitrogens with zero attached hydrogens (tertiary/aromatic N) is 4. The molecule has 0 radical (unpaired) electrons. The number of piperazine rings is 1. The van der Waals surface area contributed by atoms with E-state index in [-0.39, 0.29) is 54.0 Å². The van der Waals surface area contributed by atoms with Gasteiger partial charge in [-0.15, -0.1) is 22.7 Å². The van der Waals surface area contributed by atoms with Gasteiger partial charge in [-0.05, 0) is 36.6 Å². The molecule has 1 aromatic carbocycles. The fourth-order valence-electron chi connectivity index (χ4n) is 5.81. The summed E-state index contributed by atoms with van der Waals surface area (Å²) in [6, 6.07) is 6.08. The van der Waals surface area contributed by atoms with E-state index in [2.05, 4.69) is 27.3 Å². The number of thiophene rings is 1. The Morgan fingerprint density at radius 1 is 1.15 bits per heavy atom. The van der Waals surface area contributed by atoms with Crippen molar-refractivity contribution in [2.45, 2.75) is 42.6 Å². The summed E-state index contributed by atoms with van der Waals surface area (Å²) in [5.74, 6) is -0.620. The number of hydrogen-bond acceptors (Lipinski definition) is 12. The Labute approximate surface area is 274 Å². The molecule has 2 fully saturated rings. The summed E-state index contributed by atoms with van der Waals surface area (Å²) in [5.41, 5.74) is 1.30. The highest BCUT2D eigenvalue weighted by molar-refractivity contribution is 7.91. The number of amides is 3. The Balaban J connectivity index is 1.24. The molecule has 0 bridgehead atoms. The van der Waals surface area contributed by atoms with E-state index >= 15 is 0 Å². The molecule has 0 aliphatic carbocycles. The summed E-state index contributed by atoms with van der Waals surface area (Å²) in [4.78, 5) is 47.8. The molecule has 17 heteroatoms. The minimum atomic E-state index is -3.99. The number of nitrogens with one attached hydrogen (secondary N) is 3. The second-order valence-electron chi connectivity index (χ2n) is 11.4. The molecule has 2 atom stereocenters. The summed E-state index contributed by atoms with van der Waals surface area (Å²) in [5, 5.41) is 14.8. The number of sulfonamides is 1. The first-order valence-corrected chi connectivity index (χ1v) is 18.0. The van der Waals surface area contributed by atoms with Crippen LogP contribution in [0.5, 0.6) is 0 Å². The Bertz CT molecular complexity index is 1780. The number of hydrogen-bond donors (Lipinski definition) is 3. The van der Waals surface area contributed by atoms with Crippen molar-refractivity contribution in [1.29, 1.82) is 5.41 Å². The third-order valence-corrected chi connectivity index (χ3v) is 12.9. The lowest BCUT2D eigenvalue weighted by atomic mass is 10.1. The van der Waals surface area contributed by atoms with Crippen molar-refractivity contribution in [3.8, 4) is 0 Å². The molecule has 3 N–H and O–H groups in total. The summed E-state index contributed by atoms with van der Waals surface area (Å²) < 4.78 is 40.1. The number of thiazole rings is 1. The molecule has 3 aliphatic rings. The second-order valence-corrected chi connectivity index (χ2v) is 15.7. The van der Waals surface area contributed by atoms with Crippen molar-refractivity contribution < 1.29 is 32.3 Å². The number of benzene rings is 1. The van der Waals surface area contributed by atoms with Gasteiger partial charge < -0.3 is 24.6 Å². The number of amidine groups is 1. The van der Waals surface area contributed by atoms with Crippen LogP contribution in [0.1, 0.15) is 39.3 Å². The van der Waals surface area contributed by atoms with E-state index in [1.54, 1.807) is 34.1 Å². The highest BCUT2D eigenvalue weighted by Gasteiger charge is 2.40. The van der Waals surface area contributed by atoms with Gasteiger partial charge in [-0.25, -0.2) is 18.2 Å². The number of methoxy groups -OCH3 is 1. The Morgan fingerprint density at radius 3 is 2.70 bits per heavy atom. The minimum Gasteiger partial charge on any atom is -0.453 e. The molecule has 246 valence electrons. The van der Waals surface area contributed by atoms with Crippen LogP contribution in [0.3, 0.4) is 0 Å². The highest BCUT2D eigenvalue weighted by Crippen LogP contribution is 2.34. The predicted octanol–water partition coefficient (Wildman–Crippen LogP) is 1.84. The van der Waals surface area contributed by atoms with Crippen molar-refractivity contribution in [3.05, 3.63) is 45.4 Å². The lowest BCUT2D eigenvalue weighted by Gasteiger charge is -2.41. The zero-order chi connectivity index (χ0) is 32.6. The Hall–Kier alpha value is -3.48. The molecule has 5 heterocycles. The first-order chi connectivity index (χ1) is 22.0. The monoisotopic (exact) mass is 689 g/mol. The van der Waals surface area contributed by atoms with Gasteiger partial charge in [0.1, 0.15) is 10.0 Å². The lowest BCUT2D eigenvalue weighted by molar-refractivity contribution is -0.136. The maximum Gasteiger partial charge on any atom is 0.412 e. The zero-order valence-electron chi connectivity index (χ0n) is 25.4.